The minimum absolute atomic E-state index is 0.0269. The van der Waals surface area contributed by atoms with Gasteiger partial charge in [-0.05, 0) is 156 Å². The molecule has 1 aliphatic carbocycles. The number of hydrogen-bond acceptors (Lipinski definition) is 4. The van der Waals surface area contributed by atoms with Gasteiger partial charge in [-0.25, -0.2) is 0 Å². The average molecular weight is 955 g/mol. The maximum atomic E-state index is 2.60. The Morgan fingerprint density at radius 3 is 1.55 bits per heavy atom. The molecular weight excluding hydrogens is 896 g/mol. The smallest absolute Gasteiger partial charge is 0.252 e. The molecule has 0 spiro atoms. The number of anilines is 6. The molecule has 71 heavy (non-hydrogen) atoms. The van der Waals surface area contributed by atoms with Crippen molar-refractivity contribution in [2.45, 2.75) is 91.4 Å². The molecule has 0 saturated carbocycles. The highest BCUT2D eigenvalue weighted by atomic mass is 32.1. The Labute approximate surface area is 428 Å². The molecule has 8 aromatic carbocycles. The number of allylic oxidation sites excluding steroid dienone is 1. The maximum absolute atomic E-state index is 2.60. The second-order valence-corrected chi connectivity index (χ2v) is 25.4. The average Bonchev–Trinajstić information content (AvgIpc) is 3.94. The first-order chi connectivity index (χ1) is 34.1. The Morgan fingerprint density at radius 2 is 0.972 bits per heavy atom. The second kappa shape index (κ2) is 15.9. The molecule has 4 heterocycles. The Bertz CT molecular complexity index is 3830. The van der Waals surface area contributed by atoms with Crippen LogP contribution >= 0.6 is 22.7 Å². The highest BCUT2D eigenvalue weighted by Crippen LogP contribution is 2.49. The van der Waals surface area contributed by atoms with Gasteiger partial charge in [0.2, 0.25) is 0 Å². The van der Waals surface area contributed by atoms with E-state index < -0.39 is 0 Å². The molecular formula is C66H59BN2S2. The molecule has 0 radical (unpaired) electrons. The molecule has 2 aliphatic heterocycles. The number of aryl methyl sites for hydroxylation is 1. The number of hydrogen-bond donors (Lipinski definition) is 0. The normalized spacial score (nSPS) is 14.4. The summed E-state index contributed by atoms with van der Waals surface area (Å²) >= 11 is 3.84. The van der Waals surface area contributed by atoms with Crippen molar-refractivity contribution >= 4 is 116 Å². The van der Waals surface area contributed by atoms with E-state index in [0.717, 1.165) is 12.8 Å². The molecule has 348 valence electrons. The van der Waals surface area contributed by atoms with E-state index in [0.29, 0.717) is 0 Å². The quantitative estimate of drug-likeness (QED) is 0.162. The van der Waals surface area contributed by atoms with Crippen LogP contribution in [0.3, 0.4) is 0 Å². The Morgan fingerprint density at radius 1 is 0.451 bits per heavy atom. The van der Waals surface area contributed by atoms with E-state index in [4.69, 9.17) is 0 Å². The number of nitrogens with zero attached hydrogens (tertiary/aromatic N) is 2. The van der Waals surface area contributed by atoms with Gasteiger partial charge in [0.1, 0.15) is 0 Å². The highest BCUT2D eigenvalue weighted by molar-refractivity contribution is 7.26. The van der Waals surface area contributed by atoms with Crippen LogP contribution < -0.4 is 26.2 Å². The zero-order valence-electron chi connectivity index (χ0n) is 42.4. The van der Waals surface area contributed by atoms with Gasteiger partial charge < -0.3 is 9.80 Å². The van der Waals surface area contributed by atoms with Crippen molar-refractivity contribution in [3.05, 3.63) is 203 Å². The molecule has 2 nitrogen and oxygen atoms in total. The predicted octanol–water partition coefficient (Wildman–Crippen LogP) is 17.3. The zero-order chi connectivity index (χ0) is 48.7. The van der Waals surface area contributed by atoms with Crippen molar-refractivity contribution < 1.29 is 0 Å². The van der Waals surface area contributed by atoms with Crippen LogP contribution in [0.4, 0.5) is 34.1 Å². The third-order valence-corrected chi connectivity index (χ3v) is 18.1. The molecule has 10 aromatic rings. The first-order valence-electron chi connectivity index (χ1n) is 25.5. The third kappa shape index (κ3) is 7.09. The van der Waals surface area contributed by atoms with E-state index in [2.05, 4.69) is 242 Å². The van der Waals surface area contributed by atoms with Crippen LogP contribution in [0.2, 0.25) is 0 Å². The maximum Gasteiger partial charge on any atom is 0.252 e. The largest absolute Gasteiger partial charge is 0.311 e. The molecule has 2 aromatic heterocycles. The summed E-state index contributed by atoms with van der Waals surface area (Å²) in [6.45, 7) is 21.2. The van der Waals surface area contributed by atoms with Crippen LogP contribution in [0.15, 0.2) is 170 Å². The van der Waals surface area contributed by atoms with Gasteiger partial charge in [0.25, 0.3) is 6.71 Å². The topological polar surface area (TPSA) is 6.48 Å². The molecule has 0 fully saturated rings. The summed E-state index contributed by atoms with van der Waals surface area (Å²) in [6, 6.07) is 63.3. The fraction of sp³-hybridized carbons (Fsp3) is 0.212. The minimum Gasteiger partial charge on any atom is -0.311 e. The summed E-state index contributed by atoms with van der Waals surface area (Å²) < 4.78 is 4.05. The van der Waals surface area contributed by atoms with Crippen molar-refractivity contribution in [1.29, 1.82) is 0 Å². The predicted molar refractivity (Wildman–Crippen MR) is 312 cm³/mol. The SMILES string of the molecule is CC(C)(C)c1ccc2c(c1)B1c3cc(C(C)(C)C)ccc3N(c3ccc(-c4cccc5c4sc4ccccc45)cc3)c3cc(C(C)(C)C)cc(c31)N2c1ccc(C2=CCCc3c2sc2ccccc32)cc1. The number of fused-ring (bicyclic) bond motifs is 10. The van der Waals surface area contributed by atoms with Crippen LogP contribution in [0.5, 0.6) is 0 Å². The summed E-state index contributed by atoms with van der Waals surface area (Å²) in [5.41, 5.74) is 22.0. The summed E-state index contributed by atoms with van der Waals surface area (Å²) in [4.78, 5) is 6.62. The lowest BCUT2D eigenvalue weighted by Gasteiger charge is -2.45. The van der Waals surface area contributed by atoms with E-state index in [1.54, 1.807) is 0 Å². The van der Waals surface area contributed by atoms with Crippen molar-refractivity contribution in [3.8, 4) is 11.1 Å². The first-order valence-corrected chi connectivity index (χ1v) is 27.1. The standard InChI is InChI=1S/C66H59BN2S2/c1-64(2,3)42-28-34-55-53(36-42)67-54-37-43(65(4,5)6)29-35-56(54)69(46-32-26-41(27-33-46)48-19-15-21-52-50-17-11-13-23-60(50)71-63(48)52)58-39-44(66(7,8)9)38-57(61(58)67)68(55)45-30-24-40(25-31-45)47-18-14-20-51-49-16-10-12-22-59(49)70-62(47)51/h10-14,16-20,22-39H,15,21H2,1-9H3. The van der Waals surface area contributed by atoms with Gasteiger partial charge in [-0.1, -0.05) is 172 Å². The Balaban J connectivity index is 1.02. The van der Waals surface area contributed by atoms with Gasteiger partial charge in [0.15, 0.2) is 0 Å². The van der Waals surface area contributed by atoms with Gasteiger partial charge in [0.05, 0.1) is 0 Å². The van der Waals surface area contributed by atoms with Crippen molar-refractivity contribution in [2.75, 3.05) is 9.80 Å². The molecule has 0 atom stereocenters. The minimum atomic E-state index is -0.114. The number of rotatable bonds is 4. The fourth-order valence-electron chi connectivity index (χ4n) is 11.7. The van der Waals surface area contributed by atoms with Crippen molar-refractivity contribution in [1.82, 2.24) is 0 Å². The molecule has 0 saturated heterocycles. The molecule has 0 bridgehead atoms. The zero-order valence-corrected chi connectivity index (χ0v) is 44.0. The van der Waals surface area contributed by atoms with Crippen LogP contribution in [0.25, 0.3) is 47.0 Å². The van der Waals surface area contributed by atoms with Crippen molar-refractivity contribution in [2.24, 2.45) is 0 Å². The second-order valence-electron chi connectivity index (χ2n) is 23.3. The lowest BCUT2D eigenvalue weighted by molar-refractivity contribution is 0.590. The summed E-state index contributed by atoms with van der Waals surface area (Å²) in [5, 5.41) is 4.07. The molecule has 0 amide bonds. The van der Waals surface area contributed by atoms with Gasteiger partial charge in [-0.15, -0.1) is 22.7 Å². The Hall–Kier alpha value is -6.66. The molecule has 0 unspecified atom stereocenters. The van der Waals surface area contributed by atoms with Gasteiger partial charge >= 0.3 is 0 Å². The van der Waals surface area contributed by atoms with E-state index >= 15 is 0 Å². The van der Waals surface area contributed by atoms with Gasteiger partial charge in [0, 0.05) is 63.9 Å². The van der Waals surface area contributed by atoms with Gasteiger partial charge in [-0.3, -0.25) is 0 Å². The van der Waals surface area contributed by atoms with E-state index in [1.807, 2.05) is 22.7 Å². The molecule has 3 aliphatic rings. The van der Waals surface area contributed by atoms with E-state index in [9.17, 15) is 0 Å². The van der Waals surface area contributed by atoms with E-state index in [1.165, 1.54) is 130 Å². The molecule has 13 rings (SSSR count). The molecule has 0 N–H and O–H groups in total. The monoisotopic (exact) mass is 954 g/mol. The summed E-state index contributed by atoms with van der Waals surface area (Å²) in [7, 11) is 0. The van der Waals surface area contributed by atoms with Crippen LogP contribution in [-0.2, 0) is 22.7 Å². The van der Waals surface area contributed by atoms with Gasteiger partial charge in [-0.2, -0.15) is 0 Å². The highest BCUT2D eigenvalue weighted by Gasteiger charge is 2.45. The fourth-order valence-corrected chi connectivity index (χ4v) is 14.3. The lowest BCUT2D eigenvalue weighted by atomic mass is 9.33. The first kappa shape index (κ1) is 44.3. The lowest BCUT2D eigenvalue weighted by Crippen LogP contribution is -2.61. The molecule has 5 heteroatoms. The summed E-state index contributed by atoms with van der Waals surface area (Å²) in [5.74, 6) is 0. The van der Waals surface area contributed by atoms with E-state index in [-0.39, 0.29) is 23.0 Å². The van der Waals surface area contributed by atoms with Crippen molar-refractivity contribution in [3.63, 3.8) is 0 Å². The van der Waals surface area contributed by atoms with Crippen LogP contribution in [-0.4, -0.2) is 6.71 Å². The van der Waals surface area contributed by atoms with Crippen LogP contribution in [0, 0.1) is 0 Å². The summed E-state index contributed by atoms with van der Waals surface area (Å²) in [6.07, 6.45) is 4.63. The number of benzene rings is 8. The number of thiophene rings is 2. The third-order valence-electron chi connectivity index (χ3n) is 15.6. The Kier molecular flexibility index (Phi) is 9.94. The van der Waals surface area contributed by atoms with Crippen LogP contribution in [0.1, 0.15) is 101 Å².